The number of ether oxygens (including phenoxy) is 1. The quantitative estimate of drug-likeness (QED) is 0.827. The number of carbonyl (C=O) groups excluding carboxylic acids is 1. The summed E-state index contributed by atoms with van der Waals surface area (Å²) in [5.74, 6) is -0.458. The van der Waals surface area contributed by atoms with Gasteiger partial charge in [0.15, 0.2) is 5.82 Å². The van der Waals surface area contributed by atoms with Gasteiger partial charge in [0.25, 0.3) is 0 Å². The van der Waals surface area contributed by atoms with Gasteiger partial charge in [0.1, 0.15) is 11.6 Å². The predicted octanol–water partition coefficient (Wildman–Crippen LogP) is 1.76. The van der Waals surface area contributed by atoms with Gasteiger partial charge in [-0.1, -0.05) is 24.3 Å². The minimum Gasteiger partial charge on any atom is -0.480 e. The van der Waals surface area contributed by atoms with Crippen LogP contribution in [-0.4, -0.2) is 49.2 Å². The number of nitrogens with zero attached hydrogens (tertiary/aromatic N) is 4. The molecule has 9 heteroatoms. The van der Waals surface area contributed by atoms with Gasteiger partial charge in [0.2, 0.25) is 5.82 Å². The number of benzene rings is 1. The smallest absolute Gasteiger partial charge is 0.408 e. The third-order valence-corrected chi connectivity index (χ3v) is 3.25. The Kier molecular flexibility index (Phi) is 5.81. The first-order valence-electron chi connectivity index (χ1n) is 8.00. The van der Waals surface area contributed by atoms with E-state index < -0.39 is 23.7 Å². The van der Waals surface area contributed by atoms with E-state index in [9.17, 15) is 14.7 Å². The highest BCUT2D eigenvalue weighted by molar-refractivity contribution is 5.80. The molecule has 0 saturated carbocycles. The van der Waals surface area contributed by atoms with Crippen LogP contribution in [0, 0.1) is 6.92 Å². The fraction of sp³-hybridized carbons (Fsp3) is 0.412. The van der Waals surface area contributed by atoms with Gasteiger partial charge in [-0.2, -0.15) is 0 Å². The second kappa shape index (κ2) is 7.85. The molecule has 138 valence electrons. The number of carbonyl (C=O) groups is 2. The van der Waals surface area contributed by atoms with Crippen LogP contribution in [0.1, 0.15) is 32.2 Å². The van der Waals surface area contributed by atoms with Crippen molar-refractivity contribution in [1.82, 2.24) is 25.7 Å². The molecule has 0 saturated heterocycles. The summed E-state index contributed by atoms with van der Waals surface area (Å²) < 4.78 is 5.13. The first-order chi connectivity index (χ1) is 12.2. The van der Waals surface area contributed by atoms with Crippen LogP contribution < -0.4 is 5.32 Å². The molecule has 9 nitrogen and oxygen atoms in total. The first kappa shape index (κ1) is 19.2. The van der Waals surface area contributed by atoms with Crippen molar-refractivity contribution in [2.75, 3.05) is 0 Å². The lowest BCUT2D eigenvalue weighted by molar-refractivity contribution is -0.139. The lowest BCUT2D eigenvalue weighted by Gasteiger charge is -2.22. The maximum Gasteiger partial charge on any atom is 0.408 e. The number of hydrogen-bond acceptors (Lipinski definition) is 7. The van der Waals surface area contributed by atoms with E-state index in [0.29, 0.717) is 17.0 Å². The molecule has 1 atom stereocenters. The monoisotopic (exact) mass is 359 g/mol. The van der Waals surface area contributed by atoms with Gasteiger partial charge in [-0.3, -0.25) is 0 Å². The fourth-order valence-electron chi connectivity index (χ4n) is 2.17. The summed E-state index contributed by atoms with van der Waals surface area (Å²) in [6, 6.07) is 5.86. The molecule has 0 spiro atoms. The van der Waals surface area contributed by atoms with E-state index in [4.69, 9.17) is 4.74 Å². The summed E-state index contributed by atoms with van der Waals surface area (Å²) in [6.07, 6.45) is -0.764. The number of amides is 1. The molecule has 1 aromatic heterocycles. The van der Waals surface area contributed by atoms with Crippen molar-refractivity contribution in [2.24, 2.45) is 0 Å². The lowest BCUT2D eigenvalue weighted by atomic mass is 10.00. The van der Waals surface area contributed by atoms with Gasteiger partial charge >= 0.3 is 12.1 Å². The second-order valence-corrected chi connectivity index (χ2v) is 6.67. The number of alkyl carbamates (subject to hydrolysis) is 1. The fourth-order valence-corrected chi connectivity index (χ4v) is 2.17. The van der Waals surface area contributed by atoms with Crippen molar-refractivity contribution >= 4 is 12.1 Å². The minimum atomic E-state index is -1.17. The Balaban J connectivity index is 2.23. The average Bonchev–Trinajstić information content (AvgIpc) is 2.54. The van der Waals surface area contributed by atoms with E-state index in [-0.39, 0.29) is 12.2 Å². The molecule has 0 unspecified atom stereocenters. The number of rotatable bonds is 5. The summed E-state index contributed by atoms with van der Waals surface area (Å²) in [6.45, 7) is 6.77. The Hall–Kier alpha value is -3.10. The van der Waals surface area contributed by atoms with E-state index in [1.54, 1.807) is 52.0 Å². The van der Waals surface area contributed by atoms with Crippen LogP contribution in [0.3, 0.4) is 0 Å². The van der Waals surface area contributed by atoms with Crippen LogP contribution in [0.15, 0.2) is 24.3 Å². The Labute approximate surface area is 150 Å². The van der Waals surface area contributed by atoms with Crippen LogP contribution in [0.5, 0.6) is 0 Å². The van der Waals surface area contributed by atoms with Gasteiger partial charge in [-0.25, -0.2) is 9.59 Å². The summed E-state index contributed by atoms with van der Waals surface area (Å²) >= 11 is 0. The molecule has 26 heavy (non-hydrogen) atoms. The molecule has 2 rings (SSSR count). The van der Waals surface area contributed by atoms with E-state index in [1.807, 2.05) is 0 Å². The molecular formula is C17H21N5O4. The maximum absolute atomic E-state index is 11.9. The number of hydrogen-bond donors (Lipinski definition) is 2. The van der Waals surface area contributed by atoms with E-state index in [0.717, 1.165) is 0 Å². The lowest BCUT2D eigenvalue weighted by Crippen LogP contribution is -2.44. The summed E-state index contributed by atoms with van der Waals surface area (Å²) in [7, 11) is 0. The second-order valence-electron chi connectivity index (χ2n) is 6.67. The van der Waals surface area contributed by atoms with Crippen molar-refractivity contribution in [3.63, 3.8) is 0 Å². The maximum atomic E-state index is 11.9. The number of aryl methyl sites for hydroxylation is 1. The highest BCUT2D eigenvalue weighted by Crippen LogP contribution is 2.20. The van der Waals surface area contributed by atoms with E-state index >= 15 is 0 Å². The van der Waals surface area contributed by atoms with Crippen molar-refractivity contribution in [2.45, 2.75) is 45.8 Å². The molecule has 0 bridgehead atoms. The van der Waals surface area contributed by atoms with Gasteiger partial charge < -0.3 is 15.2 Å². The Bertz CT molecular complexity index is 786. The number of aromatic nitrogens is 4. The molecule has 0 aliphatic rings. The van der Waals surface area contributed by atoms with Crippen molar-refractivity contribution < 1.29 is 19.4 Å². The minimum absolute atomic E-state index is 0.0297. The molecule has 0 radical (unpaired) electrons. The van der Waals surface area contributed by atoms with Crippen LogP contribution in [0.4, 0.5) is 4.79 Å². The van der Waals surface area contributed by atoms with Gasteiger partial charge in [0, 0.05) is 12.0 Å². The van der Waals surface area contributed by atoms with Crippen molar-refractivity contribution in [3.05, 3.63) is 35.7 Å². The van der Waals surface area contributed by atoms with Crippen LogP contribution in [0.25, 0.3) is 11.4 Å². The summed E-state index contributed by atoms with van der Waals surface area (Å²) in [5.41, 5.74) is 0.520. The molecule has 1 heterocycles. The summed E-state index contributed by atoms with van der Waals surface area (Å²) in [5, 5.41) is 27.5. The topological polar surface area (TPSA) is 127 Å². The zero-order valence-electron chi connectivity index (χ0n) is 15.1. The Morgan fingerprint density at radius 2 is 1.77 bits per heavy atom. The summed E-state index contributed by atoms with van der Waals surface area (Å²) in [4.78, 5) is 23.5. The normalized spacial score (nSPS) is 12.3. The van der Waals surface area contributed by atoms with Crippen LogP contribution in [0.2, 0.25) is 0 Å². The van der Waals surface area contributed by atoms with Gasteiger partial charge in [0.05, 0.1) is 0 Å². The SMILES string of the molecule is Cc1nnc(-c2ccccc2C[C@@H](NC(=O)OC(C)(C)C)C(=O)O)nn1. The highest BCUT2D eigenvalue weighted by atomic mass is 16.6. The molecule has 0 aliphatic carbocycles. The molecule has 0 aliphatic heterocycles. The molecule has 2 N–H and O–H groups in total. The third kappa shape index (κ3) is 5.47. The van der Waals surface area contributed by atoms with E-state index in [2.05, 4.69) is 25.7 Å². The van der Waals surface area contributed by atoms with Crippen LogP contribution >= 0.6 is 0 Å². The first-order valence-corrected chi connectivity index (χ1v) is 8.00. The largest absolute Gasteiger partial charge is 0.480 e. The molecule has 1 amide bonds. The van der Waals surface area contributed by atoms with E-state index in [1.165, 1.54) is 0 Å². The highest BCUT2D eigenvalue weighted by Gasteiger charge is 2.25. The van der Waals surface area contributed by atoms with Gasteiger partial charge in [-0.05, 0) is 33.3 Å². The molecule has 0 fully saturated rings. The molecular weight excluding hydrogens is 338 g/mol. The van der Waals surface area contributed by atoms with Gasteiger partial charge in [-0.15, -0.1) is 20.4 Å². The zero-order chi connectivity index (χ0) is 19.3. The number of carboxylic acid groups (broad SMARTS) is 1. The Morgan fingerprint density at radius 1 is 1.15 bits per heavy atom. The number of nitrogens with one attached hydrogen (secondary N) is 1. The van der Waals surface area contributed by atoms with Crippen molar-refractivity contribution in [3.8, 4) is 11.4 Å². The predicted molar refractivity (Wildman–Crippen MR) is 92.3 cm³/mol. The number of aliphatic carboxylic acids is 1. The molecule has 1 aromatic carbocycles. The van der Waals surface area contributed by atoms with Crippen molar-refractivity contribution in [1.29, 1.82) is 0 Å². The Morgan fingerprint density at radius 3 is 2.35 bits per heavy atom. The average molecular weight is 359 g/mol. The number of carboxylic acids is 1. The standard InChI is InChI=1S/C17H21N5O4/c1-10-19-21-14(22-20-10)12-8-6-5-7-11(12)9-13(15(23)24)18-16(25)26-17(2,3)4/h5-8,13H,9H2,1-4H3,(H,18,25)(H,23,24)/t13-/m1/s1. The molecule has 2 aromatic rings. The third-order valence-electron chi connectivity index (χ3n) is 3.25. The zero-order valence-corrected chi connectivity index (χ0v) is 15.1. The van der Waals surface area contributed by atoms with Crippen LogP contribution in [-0.2, 0) is 16.0 Å².